The number of nitrogens with two attached hydrogens (primary N) is 1. The molecule has 0 bridgehead atoms. The second-order valence-corrected chi connectivity index (χ2v) is 9.76. The SMILES string of the molecule is COc1cc2nc(N3CCC(N4C(=O)CC(C)C4=O)CC3)nc(N)c2cc1OC.CS(=O)(=O)O. The molecular weight excluding hydrogens is 466 g/mol. The van der Waals surface area contributed by atoms with Gasteiger partial charge in [-0.15, -0.1) is 0 Å². The van der Waals surface area contributed by atoms with Crippen molar-refractivity contribution < 1.29 is 32.0 Å². The lowest BCUT2D eigenvalue weighted by Gasteiger charge is -2.36. The first-order chi connectivity index (χ1) is 15.9. The van der Waals surface area contributed by atoms with Gasteiger partial charge in [-0.25, -0.2) is 4.98 Å². The molecule has 3 heterocycles. The molecule has 13 heteroatoms. The maximum absolute atomic E-state index is 12.3. The minimum absolute atomic E-state index is 0.0549. The van der Waals surface area contributed by atoms with Gasteiger partial charge in [-0.3, -0.25) is 19.0 Å². The van der Waals surface area contributed by atoms with E-state index in [0.717, 1.165) is 0 Å². The summed E-state index contributed by atoms with van der Waals surface area (Å²) in [6.45, 7) is 3.10. The standard InChI is InChI=1S/C20H25N5O4.CH4O3S/c1-11-8-17(26)25(19(11)27)12-4-6-24(7-5-12)20-22-14-10-16(29-3)15(28-2)9-13(14)18(21)23-20;1-5(2,3)4/h9-12H,4-8H2,1-3H3,(H2,21,22,23);1H3,(H,2,3,4). The molecular formula is C21H29N5O7S. The van der Waals surface area contributed by atoms with Gasteiger partial charge in [-0.05, 0) is 18.9 Å². The van der Waals surface area contributed by atoms with Crippen LogP contribution in [0.4, 0.5) is 11.8 Å². The molecule has 0 aliphatic carbocycles. The number of likely N-dealkylation sites (tertiary alicyclic amines) is 1. The van der Waals surface area contributed by atoms with Crippen LogP contribution in [0.2, 0.25) is 0 Å². The fraction of sp³-hybridized carbons (Fsp3) is 0.524. The van der Waals surface area contributed by atoms with E-state index in [0.29, 0.717) is 72.8 Å². The summed E-state index contributed by atoms with van der Waals surface area (Å²) in [6, 6.07) is 3.50. The highest BCUT2D eigenvalue weighted by Gasteiger charge is 2.41. The zero-order chi connectivity index (χ0) is 25.2. The van der Waals surface area contributed by atoms with E-state index < -0.39 is 10.1 Å². The number of aromatic nitrogens is 2. The Kier molecular flexibility index (Phi) is 7.46. The second-order valence-electron chi connectivity index (χ2n) is 8.29. The van der Waals surface area contributed by atoms with Gasteiger partial charge in [0, 0.05) is 42.9 Å². The van der Waals surface area contributed by atoms with E-state index in [1.807, 2.05) is 11.8 Å². The molecule has 2 aromatic rings. The number of ether oxygens (including phenoxy) is 2. The number of hydrogen-bond donors (Lipinski definition) is 2. The Morgan fingerprint density at radius 3 is 2.15 bits per heavy atom. The third-order valence-corrected chi connectivity index (χ3v) is 5.74. The molecule has 1 aromatic heterocycles. The maximum Gasteiger partial charge on any atom is 0.261 e. The number of benzene rings is 1. The van der Waals surface area contributed by atoms with Gasteiger partial charge in [0.05, 0.1) is 26.0 Å². The first kappa shape index (κ1) is 25.4. The summed E-state index contributed by atoms with van der Waals surface area (Å²) in [6.07, 6.45) is 2.41. The number of piperidine rings is 1. The van der Waals surface area contributed by atoms with E-state index in [2.05, 4.69) is 9.97 Å². The minimum atomic E-state index is -3.67. The number of anilines is 2. The molecule has 1 unspecified atom stereocenters. The Hall–Kier alpha value is -3.19. The van der Waals surface area contributed by atoms with Crippen LogP contribution in [0.25, 0.3) is 10.9 Å². The molecule has 1 aromatic carbocycles. The average Bonchev–Trinajstić information content (AvgIpc) is 3.03. The van der Waals surface area contributed by atoms with Crippen LogP contribution in [0.15, 0.2) is 12.1 Å². The number of nitrogens with zero attached hydrogens (tertiary/aromatic N) is 4. The zero-order valence-electron chi connectivity index (χ0n) is 19.5. The number of carbonyl (C=O) groups excluding carboxylic acids is 2. The normalized spacial score (nSPS) is 19.3. The molecule has 12 nitrogen and oxygen atoms in total. The average molecular weight is 496 g/mol. The smallest absolute Gasteiger partial charge is 0.261 e. The maximum atomic E-state index is 12.3. The number of amides is 2. The lowest BCUT2D eigenvalue weighted by atomic mass is 10.0. The highest BCUT2D eigenvalue weighted by Crippen LogP contribution is 2.35. The Bertz CT molecular complexity index is 1190. The molecule has 34 heavy (non-hydrogen) atoms. The van der Waals surface area contributed by atoms with Crippen molar-refractivity contribution in [1.82, 2.24) is 14.9 Å². The lowest BCUT2D eigenvalue weighted by Crippen LogP contribution is -2.47. The minimum Gasteiger partial charge on any atom is -0.493 e. The van der Waals surface area contributed by atoms with Crippen molar-refractivity contribution in [3.8, 4) is 11.5 Å². The lowest BCUT2D eigenvalue weighted by molar-refractivity contribution is -0.142. The van der Waals surface area contributed by atoms with Crippen LogP contribution in [-0.2, 0) is 19.7 Å². The number of nitrogen functional groups attached to an aromatic ring is 1. The Labute approximate surface area is 197 Å². The number of rotatable bonds is 4. The summed E-state index contributed by atoms with van der Waals surface area (Å²) in [4.78, 5) is 37.1. The largest absolute Gasteiger partial charge is 0.493 e. The van der Waals surface area contributed by atoms with E-state index in [1.165, 1.54) is 4.90 Å². The predicted octanol–water partition coefficient (Wildman–Crippen LogP) is 1.10. The zero-order valence-corrected chi connectivity index (χ0v) is 20.3. The van der Waals surface area contributed by atoms with Crippen molar-refractivity contribution in [2.45, 2.75) is 32.2 Å². The molecule has 2 amide bonds. The number of methoxy groups -OCH3 is 2. The summed E-state index contributed by atoms with van der Waals surface area (Å²) in [7, 11) is -0.530. The summed E-state index contributed by atoms with van der Waals surface area (Å²) in [5.74, 6) is 1.71. The summed E-state index contributed by atoms with van der Waals surface area (Å²) in [5.41, 5.74) is 6.86. The fourth-order valence-electron chi connectivity index (χ4n) is 4.12. The van der Waals surface area contributed by atoms with E-state index >= 15 is 0 Å². The molecule has 0 saturated carbocycles. The van der Waals surface area contributed by atoms with Gasteiger partial charge in [0.25, 0.3) is 10.1 Å². The van der Waals surface area contributed by atoms with Crippen LogP contribution in [0, 0.1) is 5.92 Å². The quantitative estimate of drug-likeness (QED) is 0.461. The van der Waals surface area contributed by atoms with E-state index in [1.54, 1.807) is 26.4 Å². The Morgan fingerprint density at radius 1 is 1.09 bits per heavy atom. The predicted molar refractivity (Wildman–Crippen MR) is 125 cm³/mol. The first-order valence-corrected chi connectivity index (χ1v) is 12.5. The van der Waals surface area contributed by atoms with Gasteiger partial charge in [-0.2, -0.15) is 13.4 Å². The number of carbonyl (C=O) groups is 2. The molecule has 0 radical (unpaired) electrons. The number of fused-ring (bicyclic) bond motifs is 1. The van der Waals surface area contributed by atoms with Crippen LogP contribution in [-0.4, -0.2) is 79.3 Å². The van der Waals surface area contributed by atoms with E-state index in [-0.39, 0.29) is 23.8 Å². The third kappa shape index (κ3) is 5.65. The molecule has 1 atom stereocenters. The first-order valence-electron chi connectivity index (χ1n) is 10.7. The van der Waals surface area contributed by atoms with Crippen molar-refractivity contribution >= 4 is 44.6 Å². The van der Waals surface area contributed by atoms with Crippen LogP contribution < -0.4 is 20.1 Å². The van der Waals surface area contributed by atoms with Gasteiger partial charge >= 0.3 is 0 Å². The molecule has 2 aliphatic rings. The summed E-state index contributed by atoms with van der Waals surface area (Å²) < 4.78 is 36.6. The molecule has 2 fully saturated rings. The second kappa shape index (κ2) is 9.97. The highest BCUT2D eigenvalue weighted by molar-refractivity contribution is 7.85. The van der Waals surface area contributed by atoms with Crippen LogP contribution in [0.1, 0.15) is 26.2 Å². The Balaban J connectivity index is 0.000000588. The van der Waals surface area contributed by atoms with Gasteiger partial charge in [0.15, 0.2) is 11.5 Å². The van der Waals surface area contributed by atoms with E-state index in [4.69, 9.17) is 19.8 Å². The van der Waals surface area contributed by atoms with Gasteiger partial charge < -0.3 is 20.1 Å². The van der Waals surface area contributed by atoms with Crippen molar-refractivity contribution in [3.63, 3.8) is 0 Å². The number of imide groups is 1. The molecule has 4 rings (SSSR count). The van der Waals surface area contributed by atoms with Crippen molar-refractivity contribution in [2.75, 3.05) is 44.2 Å². The fourth-order valence-corrected chi connectivity index (χ4v) is 4.12. The van der Waals surface area contributed by atoms with Crippen LogP contribution >= 0.6 is 0 Å². The van der Waals surface area contributed by atoms with Crippen molar-refractivity contribution in [1.29, 1.82) is 0 Å². The molecule has 2 saturated heterocycles. The Morgan fingerprint density at radius 2 is 1.65 bits per heavy atom. The summed E-state index contributed by atoms with van der Waals surface area (Å²) >= 11 is 0. The monoisotopic (exact) mass is 495 g/mol. The van der Waals surface area contributed by atoms with Gasteiger partial charge in [0.1, 0.15) is 5.82 Å². The highest BCUT2D eigenvalue weighted by atomic mass is 32.2. The topological polar surface area (TPSA) is 165 Å². The van der Waals surface area contributed by atoms with Crippen LogP contribution in [0.5, 0.6) is 11.5 Å². The molecule has 3 N–H and O–H groups in total. The van der Waals surface area contributed by atoms with Crippen molar-refractivity contribution in [2.24, 2.45) is 5.92 Å². The van der Waals surface area contributed by atoms with Gasteiger partial charge in [0.2, 0.25) is 17.8 Å². The molecule has 2 aliphatic heterocycles. The molecule has 186 valence electrons. The third-order valence-electron chi connectivity index (χ3n) is 5.74. The van der Waals surface area contributed by atoms with E-state index in [9.17, 15) is 18.0 Å². The summed E-state index contributed by atoms with van der Waals surface area (Å²) in [5, 5.41) is 0.698. The van der Waals surface area contributed by atoms with Crippen LogP contribution in [0.3, 0.4) is 0 Å². The van der Waals surface area contributed by atoms with Crippen molar-refractivity contribution in [3.05, 3.63) is 12.1 Å². The van der Waals surface area contributed by atoms with Gasteiger partial charge in [-0.1, -0.05) is 6.92 Å². The number of hydrogen-bond acceptors (Lipinski definition) is 10. The molecule has 0 spiro atoms.